The van der Waals surface area contributed by atoms with E-state index < -0.39 is 12.0 Å². The molecule has 3 amide bonds. The Bertz CT molecular complexity index is 1040. The molecule has 37 heavy (non-hydrogen) atoms. The predicted octanol–water partition coefficient (Wildman–Crippen LogP) is 2.55. The zero-order valence-electron chi connectivity index (χ0n) is 22.2. The molecule has 1 aromatic carbocycles. The van der Waals surface area contributed by atoms with Gasteiger partial charge in [0.25, 0.3) is 0 Å². The first kappa shape index (κ1) is 26.8. The van der Waals surface area contributed by atoms with Crippen LogP contribution in [0.3, 0.4) is 0 Å². The molecule has 0 spiro atoms. The van der Waals surface area contributed by atoms with Crippen LogP contribution in [0.4, 0.5) is 4.79 Å². The first-order valence-corrected chi connectivity index (χ1v) is 13.0. The number of hydrogen-bond acceptors (Lipinski definition) is 7. The summed E-state index contributed by atoms with van der Waals surface area (Å²) in [5, 5.41) is 2.94. The van der Waals surface area contributed by atoms with Gasteiger partial charge >= 0.3 is 12.0 Å². The van der Waals surface area contributed by atoms with E-state index >= 15 is 0 Å². The molecule has 0 aromatic heterocycles. The van der Waals surface area contributed by atoms with Crippen molar-refractivity contribution in [2.24, 2.45) is 5.92 Å². The Labute approximate surface area is 218 Å². The normalized spacial score (nSPS) is 21.2. The highest BCUT2D eigenvalue weighted by molar-refractivity contribution is 5.95. The van der Waals surface area contributed by atoms with Crippen LogP contribution in [0.1, 0.15) is 44.2 Å². The van der Waals surface area contributed by atoms with Crippen LogP contribution in [0.2, 0.25) is 0 Å². The van der Waals surface area contributed by atoms with E-state index in [0.29, 0.717) is 61.1 Å². The smallest absolute Gasteiger partial charge is 0.338 e. The molecule has 202 valence electrons. The molecule has 0 radical (unpaired) electrons. The number of urea groups is 1. The average molecular weight is 515 g/mol. The second-order valence-corrected chi connectivity index (χ2v) is 9.72. The zero-order chi connectivity index (χ0) is 26.5. The van der Waals surface area contributed by atoms with E-state index in [1.807, 2.05) is 11.0 Å². The van der Waals surface area contributed by atoms with Crippen molar-refractivity contribution in [3.05, 3.63) is 35.0 Å². The van der Waals surface area contributed by atoms with E-state index in [1.54, 1.807) is 40.3 Å². The number of nitrogens with one attached hydrogen (secondary N) is 1. The van der Waals surface area contributed by atoms with Gasteiger partial charge in [-0.05, 0) is 37.5 Å². The molecule has 1 N–H and O–H groups in total. The van der Waals surface area contributed by atoms with Gasteiger partial charge in [0.05, 0.1) is 32.4 Å². The molecule has 1 saturated heterocycles. The number of esters is 1. The maximum Gasteiger partial charge on any atom is 0.338 e. The highest BCUT2D eigenvalue weighted by Gasteiger charge is 2.38. The van der Waals surface area contributed by atoms with E-state index in [9.17, 15) is 14.4 Å². The molecule has 2 aliphatic heterocycles. The third-order valence-corrected chi connectivity index (χ3v) is 7.57. The third kappa shape index (κ3) is 5.69. The molecule has 10 heteroatoms. The van der Waals surface area contributed by atoms with Crippen LogP contribution >= 0.6 is 0 Å². The summed E-state index contributed by atoms with van der Waals surface area (Å²) in [5.41, 5.74) is 1.67. The van der Waals surface area contributed by atoms with Crippen molar-refractivity contribution in [2.45, 2.75) is 38.6 Å². The standard InChI is InChI=1S/C27H38N4O6/c1-5-37-26(33)23-20(17-30-12-14-31(15-13-30)25(32)18-8-6-7-9-18)29(2)27(34)28-24(23)19-10-11-21(35-3)22(16-19)36-4/h10-11,16,18,24H,5-9,12-15,17H2,1-4H3,(H,28,34). The summed E-state index contributed by atoms with van der Waals surface area (Å²) < 4.78 is 16.2. The predicted molar refractivity (Wildman–Crippen MR) is 137 cm³/mol. The van der Waals surface area contributed by atoms with Crippen molar-refractivity contribution < 1.29 is 28.6 Å². The zero-order valence-corrected chi connectivity index (χ0v) is 22.2. The molecule has 2 fully saturated rings. The topological polar surface area (TPSA) is 101 Å². The molecule has 2 heterocycles. The number of hydrogen-bond donors (Lipinski definition) is 1. The van der Waals surface area contributed by atoms with Gasteiger partial charge in [0.1, 0.15) is 0 Å². The maximum atomic E-state index is 13.3. The van der Waals surface area contributed by atoms with Crippen LogP contribution in [0.25, 0.3) is 0 Å². The summed E-state index contributed by atoms with van der Waals surface area (Å²) in [6.07, 6.45) is 4.26. The molecule has 1 aliphatic carbocycles. The number of ether oxygens (including phenoxy) is 3. The van der Waals surface area contributed by atoms with Gasteiger partial charge in [0.15, 0.2) is 11.5 Å². The fourth-order valence-corrected chi connectivity index (χ4v) is 5.45. The minimum atomic E-state index is -0.706. The van der Waals surface area contributed by atoms with Crippen molar-refractivity contribution >= 4 is 17.9 Å². The Morgan fingerprint density at radius 3 is 2.32 bits per heavy atom. The van der Waals surface area contributed by atoms with Crippen LogP contribution in [0.15, 0.2) is 29.5 Å². The summed E-state index contributed by atoms with van der Waals surface area (Å²) >= 11 is 0. The second kappa shape index (κ2) is 11.9. The molecule has 1 saturated carbocycles. The minimum absolute atomic E-state index is 0.167. The number of carbonyl (C=O) groups is 3. The molecule has 3 aliphatic rings. The van der Waals surface area contributed by atoms with Crippen LogP contribution in [0, 0.1) is 5.92 Å². The summed E-state index contributed by atoms with van der Waals surface area (Å²) in [6.45, 7) is 5.01. The van der Waals surface area contributed by atoms with Gasteiger partial charge in [-0.25, -0.2) is 9.59 Å². The summed E-state index contributed by atoms with van der Waals surface area (Å²) in [6, 6.07) is 4.31. The van der Waals surface area contributed by atoms with E-state index in [2.05, 4.69) is 10.2 Å². The molecular weight excluding hydrogens is 476 g/mol. The van der Waals surface area contributed by atoms with E-state index in [1.165, 1.54) is 4.90 Å². The number of piperazine rings is 1. The largest absolute Gasteiger partial charge is 0.493 e. The number of benzene rings is 1. The fraction of sp³-hybridized carbons (Fsp3) is 0.593. The van der Waals surface area contributed by atoms with Gasteiger partial charge in [-0.15, -0.1) is 0 Å². The highest BCUT2D eigenvalue weighted by Crippen LogP contribution is 2.36. The lowest BCUT2D eigenvalue weighted by atomic mass is 9.94. The maximum absolute atomic E-state index is 13.3. The average Bonchev–Trinajstić information content (AvgIpc) is 3.46. The lowest BCUT2D eigenvalue weighted by Crippen LogP contribution is -2.53. The lowest BCUT2D eigenvalue weighted by molar-refractivity contribution is -0.139. The Kier molecular flexibility index (Phi) is 8.58. The molecular formula is C27H38N4O6. The summed E-state index contributed by atoms with van der Waals surface area (Å²) in [7, 11) is 4.76. The Morgan fingerprint density at radius 2 is 1.70 bits per heavy atom. The fourth-order valence-electron chi connectivity index (χ4n) is 5.45. The van der Waals surface area contributed by atoms with Crippen molar-refractivity contribution in [1.29, 1.82) is 0 Å². The van der Waals surface area contributed by atoms with Crippen LogP contribution in [-0.4, -0.2) is 93.2 Å². The number of carbonyl (C=O) groups excluding carboxylic acids is 3. The quantitative estimate of drug-likeness (QED) is 0.532. The summed E-state index contributed by atoms with van der Waals surface area (Å²) in [5.74, 6) is 1.02. The van der Waals surface area contributed by atoms with Crippen molar-refractivity contribution in [2.75, 3.05) is 60.6 Å². The lowest BCUT2D eigenvalue weighted by Gasteiger charge is -2.40. The molecule has 10 nitrogen and oxygen atoms in total. The molecule has 4 rings (SSSR count). The first-order valence-electron chi connectivity index (χ1n) is 13.0. The van der Waals surface area contributed by atoms with Crippen molar-refractivity contribution in [3.63, 3.8) is 0 Å². The van der Waals surface area contributed by atoms with Gasteiger partial charge in [-0.2, -0.15) is 0 Å². The van der Waals surface area contributed by atoms with E-state index in [-0.39, 0.29) is 24.5 Å². The van der Waals surface area contributed by atoms with Crippen LogP contribution < -0.4 is 14.8 Å². The highest BCUT2D eigenvalue weighted by atomic mass is 16.5. The van der Waals surface area contributed by atoms with Gasteiger partial charge < -0.3 is 24.4 Å². The molecule has 1 aromatic rings. The number of amides is 3. The molecule has 0 bridgehead atoms. The van der Waals surface area contributed by atoms with E-state index in [0.717, 1.165) is 25.7 Å². The number of nitrogens with zero attached hydrogens (tertiary/aromatic N) is 3. The van der Waals surface area contributed by atoms with Crippen LogP contribution in [0.5, 0.6) is 11.5 Å². The van der Waals surface area contributed by atoms with Crippen molar-refractivity contribution in [3.8, 4) is 11.5 Å². The second-order valence-electron chi connectivity index (χ2n) is 9.72. The van der Waals surface area contributed by atoms with Gasteiger partial charge in [-0.1, -0.05) is 18.9 Å². The van der Waals surface area contributed by atoms with Crippen LogP contribution in [-0.2, 0) is 14.3 Å². The SMILES string of the molecule is CCOC(=O)C1=C(CN2CCN(C(=O)C3CCCC3)CC2)N(C)C(=O)NC1c1ccc(OC)c(OC)c1. The van der Waals surface area contributed by atoms with Crippen molar-refractivity contribution in [1.82, 2.24) is 20.0 Å². The molecule has 1 unspecified atom stereocenters. The van der Waals surface area contributed by atoms with Gasteiger partial charge in [-0.3, -0.25) is 14.6 Å². The number of rotatable bonds is 8. The minimum Gasteiger partial charge on any atom is -0.493 e. The Morgan fingerprint density at radius 1 is 1.03 bits per heavy atom. The Hall–Kier alpha value is -3.27. The first-order chi connectivity index (χ1) is 17.9. The molecule has 1 atom stereocenters. The van der Waals surface area contributed by atoms with Gasteiger partial charge in [0, 0.05) is 51.4 Å². The van der Waals surface area contributed by atoms with E-state index in [4.69, 9.17) is 14.2 Å². The number of methoxy groups -OCH3 is 2. The summed E-state index contributed by atoms with van der Waals surface area (Å²) in [4.78, 5) is 44.8. The number of likely N-dealkylation sites (N-methyl/N-ethyl adjacent to an activating group) is 1. The monoisotopic (exact) mass is 514 g/mol. The third-order valence-electron chi connectivity index (χ3n) is 7.57. The van der Waals surface area contributed by atoms with Gasteiger partial charge in [0.2, 0.25) is 5.91 Å². The Balaban J connectivity index is 1.60.